The number of carbonyl (C=O) groups excluding carboxylic acids is 1. The van der Waals surface area contributed by atoms with Gasteiger partial charge in [0.1, 0.15) is 35.5 Å². The third kappa shape index (κ3) is 4.27. The largest absolute Gasteiger partial charge is 0.387 e. The zero-order chi connectivity index (χ0) is 24.7. The summed E-state index contributed by atoms with van der Waals surface area (Å²) in [4.78, 5) is 21.5. The minimum absolute atomic E-state index is 0.00128. The van der Waals surface area contributed by atoms with Crippen LogP contribution in [0, 0.1) is 11.6 Å². The fraction of sp³-hybridized carbons (Fsp3) is 0.375. The molecule has 0 unspecified atom stereocenters. The van der Waals surface area contributed by atoms with Crippen LogP contribution < -0.4 is 0 Å². The molecule has 0 aliphatic carbocycles. The fourth-order valence-electron chi connectivity index (χ4n) is 4.45. The number of imidazole rings is 1. The van der Waals surface area contributed by atoms with Gasteiger partial charge in [-0.25, -0.2) is 13.8 Å². The van der Waals surface area contributed by atoms with Crippen LogP contribution in [0.15, 0.2) is 30.3 Å². The van der Waals surface area contributed by atoms with E-state index in [1.54, 1.807) is 21.5 Å². The summed E-state index contributed by atoms with van der Waals surface area (Å²) in [6.07, 6.45) is 1.28. The number of aliphatic hydroxyl groups is 1. The van der Waals surface area contributed by atoms with Crippen LogP contribution in [-0.2, 0) is 4.79 Å². The van der Waals surface area contributed by atoms with E-state index in [0.29, 0.717) is 60.3 Å². The number of amides is 1. The van der Waals surface area contributed by atoms with E-state index in [-0.39, 0.29) is 23.3 Å². The molecule has 5 rings (SSSR count). The average molecular weight is 482 g/mol. The lowest BCUT2D eigenvalue weighted by Crippen LogP contribution is -2.39. The minimum Gasteiger partial charge on any atom is -0.387 e. The number of halogens is 2. The number of piperidine rings is 1. The van der Waals surface area contributed by atoms with E-state index in [9.17, 15) is 13.6 Å². The molecule has 182 valence electrons. The molecule has 1 amide bonds. The predicted molar refractivity (Wildman–Crippen MR) is 123 cm³/mol. The molecule has 1 aliphatic rings. The lowest BCUT2D eigenvalue weighted by atomic mass is 9.96. The lowest BCUT2D eigenvalue weighted by Gasteiger charge is -2.30. The Bertz CT molecular complexity index is 1390. The van der Waals surface area contributed by atoms with Crippen LogP contribution in [0.3, 0.4) is 0 Å². The summed E-state index contributed by atoms with van der Waals surface area (Å²) in [6, 6.07) is 6.94. The number of nitrogens with one attached hydrogen (secondary N) is 1. The van der Waals surface area contributed by atoms with Gasteiger partial charge >= 0.3 is 0 Å². The number of benzene rings is 1. The maximum Gasteiger partial charge on any atom is 0.248 e. The monoisotopic (exact) mass is 481 g/mol. The Morgan fingerprint density at radius 3 is 2.63 bits per heavy atom. The second-order valence-corrected chi connectivity index (χ2v) is 8.98. The quantitative estimate of drug-likeness (QED) is 0.453. The van der Waals surface area contributed by atoms with Crippen molar-refractivity contribution in [3.8, 4) is 22.6 Å². The molecule has 3 aromatic heterocycles. The number of H-pyrrole nitrogens is 1. The highest BCUT2D eigenvalue weighted by Gasteiger charge is 2.28. The van der Waals surface area contributed by atoms with Crippen LogP contribution in [0.25, 0.3) is 28.3 Å². The number of carbonyl (C=O) groups is 1. The average Bonchev–Trinajstić information content (AvgIpc) is 3.48. The first-order chi connectivity index (χ1) is 16.9. The third-order valence-corrected chi connectivity index (χ3v) is 6.34. The molecular weight excluding hydrogens is 456 g/mol. The second-order valence-electron chi connectivity index (χ2n) is 8.98. The summed E-state index contributed by atoms with van der Waals surface area (Å²) >= 11 is 0. The number of fused-ring (bicyclic) bond motifs is 1. The Balaban J connectivity index is 1.58. The van der Waals surface area contributed by atoms with Gasteiger partial charge in [-0.05, 0) is 37.1 Å². The highest BCUT2D eigenvalue weighted by atomic mass is 19.1. The number of likely N-dealkylation sites (tertiary alicyclic amines) is 1. The maximum atomic E-state index is 14.8. The number of aliphatic hydroxyl groups excluding tert-OH is 1. The predicted octanol–water partition coefficient (Wildman–Crippen LogP) is 3.28. The van der Waals surface area contributed by atoms with E-state index in [0.717, 1.165) is 6.07 Å². The summed E-state index contributed by atoms with van der Waals surface area (Å²) in [7, 11) is 0. The molecule has 4 aromatic rings. The van der Waals surface area contributed by atoms with Crippen molar-refractivity contribution in [2.45, 2.75) is 38.5 Å². The molecule has 1 aliphatic heterocycles. The van der Waals surface area contributed by atoms with Gasteiger partial charge < -0.3 is 15.0 Å². The number of aromatic nitrogens is 6. The van der Waals surface area contributed by atoms with E-state index in [4.69, 9.17) is 15.2 Å². The summed E-state index contributed by atoms with van der Waals surface area (Å²) in [6.45, 7) is 4.45. The molecule has 9 nitrogen and oxygen atoms in total. The standard InChI is InChI=1S/C24H25F2N7O2/c1-13(2)24-30-29-19-6-5-18(31-33(19)24)22-21(16-4-3-15(25)11-17(16)26)27-23(28-22)14-7-9-32(10-8-14)20(35)12-34/h3-6,11,13-14,34H,7-10,12H2,1-2H3,(H,27,28). The van der Waals surface area contributed by atoms with Crippen molar-refractivity contribution in [3.05, 3.63) is 53.6 Å². The summed E-state index contributed by atoms with van der Waals surface area (Å²) < 4.78 is 30.1. The molecule has 0 saturated carbocycles. The molecule has 1 aromatic carbocycles. The van der Waals surface area contributed by atoms with Crippen LogP contribution in [0.1, 0.15) is 50.2 Å². The van der Waals surface area contributed by atoms with Gasteiger partial charge in [-0.3, -0.25) is 4.79 Å². The number of nitrogens with zero attached hydrogens (tertiary/aromatic N) is 6. The Morgan fingerprint density at radius 2 is 1.94 bits per heavy atom. The molecule has 2 N–H and O–H groups in total. The van der Waals surface area contributed by atoms with Gasteiger partial charge in [0, 0.05) is 36.6 Å². The van der Waals surface area contributed by atoms with E-state index >= 15 is 0 Å². The molecule has 0 atom stereocenters. The van der Waals surface area contributed by atoms with Crippen LogP contribution in [0.4, 0.5) is 8.78 Å². The summed E-state index contributed by atoms with van der Waals surface area (Å²) in [5.41, 5.74) is 2.10. The van der Waals surface area contributed by atoms with Gasteiger partial charge in [-0.1, -0.05) is 13.8 Å². The van der Waals surface area contributed by atoms with Crippen LogP contribution in [-0.4, -0.2) is 65.4 Å². The molecule has 0 spiro atoms. The second kappa shape index (κ2) is 9.14. The van der Waals surface area contributed by atoms with Crippen LogP contribution >= 0.6 is 0 Å². The molecule has 4 heterocycles. The first-order valence-electron chi connectivity index (χ1n) is 11.5. The number of rotatable bonds is 5. The molecule has 1 fully saturated rings. The Kier molecular flexibility index (Phi) is 6.01. The van der Waals surface area contributed by atoms with E-state index in [2.05, 4.69) is 15.2 Å². The van der Waals surface area contributed by atoms with Crippen molar-refractivity contribution in [3.63, 3.8) is 0 Å². The highest BCUT2D eigenvalue weighted by molar-refractivity contribution is 5.78. The zero-order valence-electron chi connectivity index (χ0n) is 19.4. The number of hydrogen-bond acceptors (Lipinski definition) is 6. The molecule has 0 bridgehead atoms. The molecule has 1 saturated heterocycles. The number of aromatic amines is 1. The van der Waals surface area contributed by atoms with Crippen molar-refractivity contribution < 1.29 is 18.7 Å². The Labute approximate surface area is 199 Å². The third-order valence-electron chi connectivity index (χ3n) is 6.34. The fourth-order valence-corrected chi connectivity index (χ4v) is 4.45. The van der Waals surface area contributed by atoms with Gasteiger partial charge in [0.25, 0.3) is 0 Å². The normalized spacial score (nSPS) is 14.9. The topological polar surface area (TPSA) is 112 Å². The van der Waals surface area contributed by atoms with E-state index in [1.165, 1.54) is 12.1 Å². The van der Waals surface area contributed by atoms with Gasteiger partial charge in [-0.2, -0.15) is 9.61 Å². The van der Waals surface area contributed by atoms with Gasteiger partial charge in [0.2, 0.25) is 5.91 Å². The first kappa shape index (κ1) is 23.0. The van der Waals surface area contributed by atoms with Crippen molar-refractivity contribution in [1.82, 2.24) is 34.7 Å². The highest BCUT2D eigenvalue weighted by Crippen LogP contribution is 2.35. The maximum absolute atomic E-state index is 14.8. The van der Waals surface area contributed by atoms with Crippen LogP contribution in [0.5, 0.6) is 0 Å². The Morgan fingerprint density at radius 1 is 1.17 bits per heavy atom. The molecular formula is C24H25F2N7O2. The Hall–Kier alpha value is -3.73. The SMILES string of the molecule is CC(C)c1nnc2ccc(-c3[nH]c(C4CCN(C(=O)CO)CC4)nc3-c3ccc(F)cc3F)nn12. The van der Waals surface area contributed by atoms with E-state index < -0.39 is 18.2 Å². The van der Waals surface area contributed by atoms with Crippen molar-refractivity contribution in [2.24, 2.45) is 0 Å². The van der Waals surface area contributed by atoms with Crippen molar-refractivity contribution in [1.29, 1.82) is 0 Å². The molecule has 0 radical (unpaired) electrons. The van der Waals surface area contributed by atoms with E-state index in [1.807, 2.05) is 13.8 Å². The molecule has 11 heteroatoms. The summed E-state index contributed by atoms with van der Waals surface area (Å²) in [5, 5.41) is 22.2. The van der Waals surface area contributed by atoms with Gasteiger partial charge in [-0.15, -0.1) is 10.2 Å². The van der Waals surface area contributed by atoms with Gasteiger partial charge in [0.15, 0.2) is 11.5 Å². The first-order valence-corrected chi connectivity index (χ1v) is 11.5. The smallest absolute Gasteiger partial charge is 0.248 e. The number of hydrogen-bond donors (Lipinski definition) is 2. The summed E-state index contributed by atoms with van der Waals surface area (Å²) in [5.74, 6) is -0.271. The van der Waals surface area contributed by atoms with Crippen molar-refractivity contribution in [2.75, 3.05) is 19.7 Å². The molecule has 35 heavy (non-hydrogen) atoms. The van der Waals surface area contributed by atoms with Crippen molar-refractivity contribution >= 4 is 11.6 Å². The van der Waals surface area contributed by atoms with Gasteiger partial charge in [0.05, 0.1) is 5.69 Å². The minimum atomic E-state index is -0.721. The van der Waals surface area contributed by atoms with Crippen LogP contribution in [0.2, 0.25) is 0 Å². The lowest BCUT2D eigenvalue weighted by molar-refractivity contribution is -0.135. The zero-order valence-corrected chi connectivity index (χ0v) is 19.4.